The van der Waals surface area contributed by atoms with Crippen molar-refractivity contribution < 1.29 is 9.59 Å². The smallest absolute Gasteiger partial charge is 0.223 e. The minimum absolute atomic E-state index is 0.00620. The number of aromatic amines is 1. The Bertz CT molecular complexity index is 963. The molecule has 0 aliphatic carbocycles. The van der Waals surface area contributed by atoms with E-state index in [2.05, 4.69) is 20.9 Å². The number of fused-ring (bicyclic) bond motifs is 1. The minimum atomic E-state index is 0.00620. The molecule has 0 radical (unpaired) electrons. The van der Waals surface area contributed by atoms with Crippen molar-refractivity contribution in [2.45, 2.75) is 31.6 Å². The number of benzene rings is 2. The molecule has 1 atom stereocenters. The number of piperidine rings is 1. The number of likely N-dealkylation sites (tertiary alicyclic amines) is 1. The molecule has 6 heteroatoms. The molecule has 1 fully saturated rings. The molecule has 28 heavy (non-hydrogen) atoms. The maximum atomic E-state index is 12.7. The van der Waals surface area contributed by atoms with Crippen molar-refractivity contribution in [3.63, 3.8) is 0 Å². The monoisotopic (exact) mass is 439 g/mol. The molecule has 0 unspecified atom stereocenters. The van der Waals surface area contributed by atoms with Crippen molar-refractivity contribution >= 4 is 38.7 Å². The molecule has 1 aliphatic rings. The Morgan fingerprint density at radius 2 is 1.89 bits per heavy atom. The second-order valence-electron chi connectivity index (χ2n) is 7.25. The summed E-state index contributed by atoms with van der Waals surface area (Å²) < 4.78 is 0.935. The first-order valence-electron chi connectivity index (χ1n) is 9.61. The summed E-state index contributed by atoms with van der Waals surface area (Å²) in [6.45, 7) is 1.41. The maximum absolute atomic E-state index is 12.7. The van der Waals surface area contributed by atoms with Crippen LogP contribution < -0.4 is 0 Å². The van der Waals surface area contributed by atoms with E-state index in [1.165, 1.54) is 0 Å². The number of halogens is 1. The summed E-state index contributed by atoms with van der Waals surface area (Å²) in [4.78, 5) is 35.0. The van der Waals surface area contributed by atoms with E-state index in [-0.39, 0.29) is 30.4 Å². The minimum Gasteiger partial charge on any atom is -0.342 e. The zero-order chi connectivity index (χ0) is 19.5. The molecule has 144 valence electrons. The van der Waals surface area contributed by atoms with Crippen LogP contribution in [0, 0.1) is 0 Å². The largest absolute Gasteiger partial charge is 0.342 e. The molecule has 1 aromatic heterocycles. The highest BCUT2D eigenvalue weighted by atomic mass is 79.9. The zero-order valence-corrected chi connectivity index (χ0v) is 17.1. The number of Topliss-reactive ketones (excluding diaryl/α,β-unsaturated/α-hetero) is 1. The SMILES string of the molecule is O=C(CCC(=O)N1CCC[C@@H](c2nc3ccccc3[nH]2)C1)c1ccc(Br)cc1. The van der Waals surface area contributed by atoms with Crippen LogP contribution in [0.4, 0.5) is 0 Å². The molecule has 2 aromatic carbocycles. The predicted molar refractivity (Wildman–Crippen MR) is 112 cm³/mol. The predicted octanol–water partition coefficient (Wildman–Crippen LogP) is 4.69. The molecule has 5 nitrogen and oxygen atoms in total. The van der Waals surface area contributed by atoms with Gasteiger partial charge in [-0.2, -0.15) is 0 Å². The summed E-state index contributed by atoms with van der Waals surface area (Å²) in [6.07, 6.45) is 2.46. The van der Waals surface area contributed by atoms with E-state index in [1.54, 1.807) is 12.1 Å². The fourth-order valence-electron chi connectivity index (χ4n) is 3.75. The number of hydrogen-bond donors (Lipinski definition) is 1. The molecule has 3 aromatic rings. The lowest BCUT2D eigenvalue weighted by Crippen LogP contribution is -2.39. The van der Waals surface area contributed by atoms with Crippen molar-refractivity contribution in [2.24, 2.45) is 0 Å². The molecule has 0 spiro atoms. The van der Waals surface area contributed by atoms with Gasteiger partial charge < -0.3 is 9.88 Å². The number of rotatable bonds is 5. The number of nitrogens with zero attached hydrogens (tertiary/aromatic N) is 2. The highest BCUT2D eigenvalue weighted by Gasteiger charge is 2.27. The van der Waals surface area contributed by atoms with Gasteiger partial charge in [-0.25, -0.2) is 4.98 Å². The summed E-state index contributed by atoms with van der Waals surface area (Å²) in [5.74, 6) is 1.22. The van der Waals surface area contributed by atoms with E-state index in [4.69, 9.17) is 4.98 Å². The van der Waals surface area contributed by atoms with Crippen molar-refractivity contribution in [3.05, 3.63) is 64.4 Å². The summed E-state index contributed by atoms with van der Waals surface area (Å²) in [5.41, 5.74) is 2.64. The number of aromatic nitrogens is 2. The van der Waals surface area contributed by atoms with Crippen LogP contribution in [0.2, 0.25) is 0 Å². The average molecular weight is 440 g/mol. The summed E-state index contributed by atoms with van der Waals surface area (Å²) in [6, 6.07) is 15.2. The van der Waals surface area contributed by atoms with E-state index < -0.39 is 0 Å². The Labute approximate surface area is 172 Å². The number of nitrogens with one attached hydrogen (secondary N) is 1. The Kier molecular flexibility index (Phi) is 5.57. The topological polar surface area (TPSA) is 66.1 Å². The third-order valence-electron chi connectivity index (χ3n) is 5.30. The molecule has 2 heterocycles. The summed E-state index contributed by atoms with van der Waals surface area (Å²) >= 11 is 3.37. The molecule has 0 bridgehead atoms. The number of amides is 1. The first kappa shape index (κ1) is 18.9. The maximum Gasteiger partial charge on any atom is 0.223 e. The normalized spacial score (nSPS) is 17.0. The Balaban J connectivity index is 1.36. The van der Waals surface area contributed by atoms with Crippen LogP contribution in [0.5, 0.6) is 0 Å². The fraction of sp³-hybridized carbons (Fsp3) is 0.318. The number of ketones is 1. The second-order valence-corrected chi connectivity index (χ2v) is 8.16. The second kappa shape index (κ2) is 8.27. The lowest BCUT2D eigenvalue weighted by molar-refractivity contribution is -0.132. The lowest BCUT2D eigenvalue weighted by atomic mass is 9.96. The van der Waals surface area contributed by atoms with Gasteiger partial charge in [-0.15, -0.1) is 0 Å². The highest BCUT2D eigenvalue weighted by molar-refractivity contribution is 9.10. The molecule has 1 aliphatic heterocycles. The van der Waals surface area contributed by atoms with Gasteiger partial charge >= 0.3 is 0 Å². The molecule has 4 rings (SSSR count). The summed E-state index contributed by atoms with van der Waals surface area (Å²) in [7, 11) is 0. The van der Waals surface area contributed by atoms with Gasteiger partial charge in [-0.3, -0.25) is 9.59 Å². The molecule has 1 N–H and O–H groups in total. The van der Waals surface area contributed by atoms with Crippen molar-refractivity contribution in [2.75, 3.05) is 13.1 Å². The van der Waals surface area contributed by atoms with Crippen LogP contribution in [-0.2, 0) is 4.79 Å². The number of imidazole rings is 1. The first-order chi connectivity index (χ1) is 13.6. The van der Waals surface area contributed by atoms with Gasteiger partial charge in [0.2, 0.25) is 5.91 Å². The Morgan fingerprint density at radius 1 is 1.11 bits per heavy atom. The molecular weight excluding hydrogens is 418 g/mol. The third kappa shape index (κ3) is 4.17. The number of H-pyrrole nitrogens is 1. The van der Waals surface area contributed by atoms with Crippen LogP contribution in [-0.4, -0.2) is 39.6 Å². The van der Waals surface area contributed by atoms with Crippen LogP contribution >= 0.6 is 15.9 Å². The number of carbonyl (C=O) groups is 2. The molecular formula is C22H22BrN3O2. The first-order valence-corrected chi connectivity index (χ1v) is 10.4. The van der Waals surface area contributed by atoms with E-state index in [0.29, 0.717) is 12.1 Å². The average Bonchev–Trinajstić information content (AvgIpc) is 3.17. The van der Waals surface area contributed by atoms with Crippen molar-refractivity contribution in [3.8, 4) is 0 Å². The molecule has 0 saturated carbocycles. The van der Waals surface area contributed by atoms with Gasteiger partial charge in [0.1, 0.15) is 5.82 Å². The van der Waals surface area contributed by atoms with Crippen molar-refractivity contribution in [1.29, 1.82) is 0 Å². The van der Waals surface area contributed by atoms with Gasteiger partial charge in [-0.1, -0.05) is 40.2 Å². The van der Waals surface area contributed by atoms with Crippen LogP contribution in [0.15, 0.2) is 53.0 Å². The van der Waals surface area contributed by atoms with E-state index in [0.717, 1.165) is 40.7 Å². The highest BCUT2D eigenvalue weighted by Crippen LogP contribution is 2.27. The lowest BCUT2D eigenvalue weighted by Gasteiger charge is -2.32. The zero-order valence-electron chi connectivity index (χ0n) is 15.5. The van der Waals surface area contributed by atoms with Crippen LogP contribution in [0.1, 0.15) is 47.8 Å². The van der Waals surface area contributed by atoms with Gasteiger partial charge in [0, 0.05) is 41.9 Å². The van der Waals surface area contributed by atoms with E-state index >= 15 is 0 Å². The van der Waals surface area contributed by atoms with E-state index in [1.807, 2.05) is 41.3 Å². The van der Waals surface area contributed by atoms with Gasteiger partial charge in [-0.05, 0) is 37.1 Å². The van der Waals surface area contributed by atoms with Crippen LogP contribution in [0.3, 0.4) is 0 Å². The molecule has 1 saturated heterocycles. The van der Waals surface area contributed by atoms with Gasteiger partial charge in [0.25, 0.3) is 0 Å². The van der Waals surface area contributed by atoms with Gasteiger partial charge in [0.05, 0.1) is 11.0 Å². The van der Waals surface area contributed by atoms with Crippen LogP contribution in [0.25, 0.3) is 11.0 Å². The molecule has 1 amide bonds. The fourth-order valence-corrected chi connectivity index (χ4v) is 4.02. The third-order valence-corrected chi connectivity index (χ3v) is 5.83. The van der Waals surface area contributed by atoms with Gasteiger partial charge in [0.15, 0.2) is 5.78 Å². The number of hydrogen-bond acceptors (Lipinski definition) is 3. The Morgan fingerprint density at radius 3 is 2.68 bits per heavy atom. The quantitative estimate of drug-likeness (QED) is 0.586. The number of carbonyl (C=O) groups excluding carboxylic acids is 2. The number of para-hydroxylation sites is 2. The standard InChI is InChI=1S/C22H22BrN3O2/c23-17-9-7-15(8-10-17)20(27)11-12-21(28)26-13-3-4-16(14-26)22-24-18-5-1-2-6-19(18)25-22/h1-2,5-10,16H,3-4,11-14H2,(H,24,25)/t16-/m1/s1. The summed E-state index contributed by atoms with van der Waals surface area (Å²) in [5, 5.41) is 0. The van der Waals surface area contributed by atoms with E-state index in [9.17, 15) is 9.59 Å². The van der Waals surface area contributed by atoms with Crippen molar-refractivity contribution in [1.82, 2.24) is 14.9 Å². The Hall–Kier alpha value is -2.47.